The third-order valence-electron chi connectivity index (χ3n) is 4.07. The predicted octanol–water partition coefficient (Wildman–Crippen LogP) is 2.48. The third-order valence-corrected chi connectivity index (χ3v) is 4.07. The van der Waals surface area contributed by atoms with E-state index in [9.17, 15) is 4.79 Å². The van der Waals surface area contributed by atoms with Crippen LogP contribution in [-0.4, -0.2) is 30.6 Å². The Kier molecular flexibility index (Phi) is 4.41. The lowest BCUT2D eigenvalue weighted by molar-refractivity contribution is -0.143. The quantitative estimate of drug-likeness (QED) is 0.827. The van der Waals surface area contributed by atoms with Crippen LogP contribution in [0.4, 0.5) is 0 Å². The minimum atomic E-state index is -0.236. The average Bonchev–Trinajstić information content (AvgIpc) is 2.42. The molecule has 0 aromatic heterocycles. The van der Waals surface area contributed by atoms with Gasteiger partial charge in [-0.1, -0.05) is 12.1 Å². The van der Waals surface area contributed by atoms with Gasteiger partial charge in [-0.25, -0.2) is 0 Å². The van der Waals surface area contributed by atoms with Crippen LogP contribution < -0.4 is 0 Å². The smallest absolute Gasteiger partial charge is 0.225 e. The number of ether oxygens (including phenoxy) is 1. The van der Waals surface area contributed by atoms with E-state index >= 15 is 0 Å². The molecule has 1 aromatic rings. The summed E-state index contributed by atoms with van der Waals surface area (Å²) in [6, 6.07) is 9.47. The highest BCUT2D eigenvalue weighted by atomic mass is 16.5. The van der Waals surface area contributed by atoms with Crippen molar-refractivity contribution in [3.05, 3.63) is 35.4 Å². The second-order valence-corrected chi connectivity index (χ2v) is 5.48. The van der Waals surface area contributed by atoms with Crippen molar-refractivity contribution in [1.29, 1.82) is 5.26 Å². The molecule has 4 nitrogen and oxygen atoms in total. The molecule has 0 N–H and O–H groups in total. The van der Waals surface area contributed by atoms with E-state index in [2.05, 4.69) is 6.07 Å². The standard InChI is InChI=1S/C16H20N2O2/c1-18(12-14-6-3-5-13(9-14)11-17)15(19)10-16(20-2)7-4-8-16/h3,5-6,9H,4,7-8,10,12H2,1-2H3. The summed E-state index contributed by atoms with van der Waals surface area (Å²) >= 11 is 0. The number of benzene rings is 1. The summed E-state index contributed by atoms with van der Waals surface area (Å²) in [5.41, 5.74) is 1.36. The van der Waals surface area contributed by atoms with Crippen LogP contribution in [0.2, 0.25) is 0 Å². The maximum Gasteiger partial charge on any atom is 0.225 e. The van der Waals surface area contributed by atoms with Gasteiger partial charge >= 0.3 is 0 Å². The minimum absolute atomic E-state index is 0.0916. The van der Waals surface area contributed by atoms with Gasteiger partial charge in [0.15, 0.2) is 0 Å². The fourth-order valence-corrected chi connectivity index (χ4v) is 2.54. The van der Waals surface area contributed by atoms with Crippen molar-refractivity contribution in [3.63, 3.8) is 0 Å². The van der Waals surface area contributed by atoms with Crippen molar-refractivity contribution in [2.45, 2.75) is 37.8 Å². The van der Waals surface area contributed by atoms with Crippen LogP contribution in [0.1, 0.15) is 36.8 Å². The van der Waals surface area contributed by atoms with E-state index in [1.54, 1.807) is 25.1 Å². The zero-order valence-corrected chi connectivity index (χ0v) is 12.1. The predicted molar refractivity (Wildman–Crippen MR) is 75.8 cm³/mol. The topological polar surface area (TPSA) is 53.3 Å². The van der Waals surface area contributed by atoms with Crippen molar-refractivity contribution in [3.8, 4) is 6.07 Å². The Balaban J connectivity index is 1.95. The Hall–Kier alpha value is -1.86. The fraction of sp³-hybridized carbons (Fsp3) is 0.500. The number of carbonyl (C=O) groups excluding carboxylic acids is 1. The number of carbonyl (C=O) groups is 1. The van der Waals surface area contributed by atoms with Gasteiger partial charge in [-0.2, -0.15) is 5.26 Å². The van der Waals surface area contributed by atoms with Crippen molar-refractivity contribution >= 4 is 5.91 Å². The fourth-order valence-electron chi connectivity index (χ4n) is 2.54. The molecule has 2 rings (SSSR count). The first kappa shape index (κ1) is 14.5. The Morgan fingerprint density at radius 1 is 1.50 bits per heavy atom. The molecule has 0 atom stereocenters. The zero-order valence-electron chi connectivity index (χ0n) is 12.1. The molecule has 4 heteroatoms. The van der Waals surface area contributed by atoms with Crippen LogP contribution in [0, 0.1) is 11.3 Å². The summed E-state index contributed by atoms with van der Waals surface area (Å²) < 4.78 is 5.49. The van der Waals surface area contributed by atoms with Gasteiger partial charge in [0, 0.05) is 20.7 Å². The number of hydrogen-bond donors (Lipinski definition) is 0. The normalized spacial score (nSPS) is 16.1. The van der Waals surface area contributed by atoms with Crippen molar-refractivity contribution in [2.75, 3.05) is 14.2 Å². The van der Waals surface area contributed by atoms with Crippen LogP contribution >= 0.6 is 0 Å². The Bertz CT molecular complexity index is 524. The Morgan fingerprint density at radius 3 is 2.80 bits per heavy atom. The second kappa shape index (κ2) is 6.06. The zero-order chi connectivity index (χ0) is 14.6. The van der Waals surface area contributed by atoms with Gasteiger partial charge < -0.3 is 9.64 Å². The van der Waals surface area contributed by atoms with Gasteiger partial charge in [0.1, 0.15) is 0 Å². The summed E-state index contributed by atoms with van der Waals surface area (Å²) in [6.45, 7) is 0.522. The lowest BCUT2D eigenvalue weighted by atomic mass is 9.77. The SMILES string of the molecule is COC1(CC(=O)N(C)Cc2cccc(C#N)c2)CCC1. The maximum absolute atomic E-state index is 12.3. The summed E-state index contributed by atoms with van der Waals surface area (Å²) in [5, 5.41) is 8.88. The van der Waals surface area contributed by atoms with Gasteiger partial charge in [0.05, 0.1) is 23.7 Å². The van der Waals surface area contributed by atoms with E-state index in [0.29, 0.717) is 18.5 Å². The number of rotatable bonds is 5. The van der Waals surface area contributed by atoms with Crippen LogP contribution in [0.25, 0.3) is 0 Å². The van der Waals surface area contributed by atoms with Crippen LogP contribution in [-0.2, 0) is 16.1 Å². The number of methoxy groups -OCH3 is 1. The number of amides is 1. The third kappa shape index (κ3) is 3.17. The first-order valence-electron chi connectivity index (χ1n) is 6.87. The molecule has 106 valence electrons. The molecule has 1 aliphatic carbocycles. The first-order valence-corrected chi connectivity index (χ1v) is 6.87. The largest absolute Gasteiger partial charge is 0.378 e. The van der Waals surface area contributed by atoms with E-state index in [-0.39, 0.29) is 11.5 Å². The van der Waals surface area contributed by atoms with E-state index in [4.69, 9.17) is 10.00 Å². The monoisotopic (exact) mass is 272 g/mol. The molecule has 0 saturated heterocycles. The highest BCUT2D eigenvalue weighted by Gasteiger charge is 2.39. The van der Waals surface area contributed by atoms with Crippen LogP contribution in [0.15, 0.2) is 24.3 Å². The lowest BCUT2D eigenvalue weighted by Gasteiger charge is -2.40. The molecule has 20 heavy (non-hydrogen) atoms. The molecule has 1 saturated carbocycles. The Labute approximate surface area is 120 Å². The van der Waals surface area contributed by atoms with E-state index in [0.717, 1.165) is 24.8 Å². The molecule has 0 spiro atoms. The molecule has 0 aliphatic heterocycles. The summed E-state index contributed by atoms with van der Waals surface area (Å²) in [7, 11) is 3.48. The van der Waals surface area contributed by atoms with E-state index in [1.165, 1.54) is 0 Å². The molecule has 1 aromatic carbocycles. The van der Waals surface area contributed by atoms with Crippen LogP contribution in [0.3, 0.4) is 0 Å². The van der Waals surface area contributed by atoms with Crippen molar-refractivity contribution in [2.24, 2.45) is 0 Å². The molecular weight excluding hydrogens is 252 g/mol. The van der Waals surface area contributed by atoms with Gasteiger partial charge in [-0.05, 0) is 37.0 Å². The van der Waals surface area contributed by atoms with Gasteiger partial charge in [0.2, 0.25) is 5.91 Å². The Morgan fingerprint density at radius 2 is 2.25 bits per heavy atom. The maximum atomic E-state index is 12.3. The molecule has 0 unspecified atom stereocenters. The summed E-state index contributed by atoms with van der Waals surface area (Å²) in [6.07, 6.45) is 3.51. The number of nitrogens with zero attached hydrogens (tertiary/aromatic N) is 2. The highest BCUT2D eigenvalue weighted by molar-refractivity contribution is 5.77. The molecule has 0 radical (unpaired) electrons. The van der Waals surface area contributed by atoms with Crippen LogP contribution in [0.5, 0.6) is 0 Å². The number of nitriles is 1. The first-order chi connectivity index (χ1) is 9.58. The average molecular weight is 272 g/mol. The second-order valence-electron chi connectivity index (χ2n) is 5.48. The van der Waals surface area contributed by atoms with E-state index < -0.39 is 0 Å². The molecule has 0 heterocycles. The molecule has 1 aliphatic rings. The molecule has 1 amide bonds. The van der Waals surface area contributed by atoms with Gasteiger partial charge in [-0.15, -0.1) is 0 Å². The minimum Gasteiger partial charge on any atom is -0.378 e. The molecular formula is C16H20N2O2. The number of hydrogen-bond acceptors (Lipinski definition) is 3. The van der Waals surface area contributed by atoms with Gasteiger partial charge in [0.25, 0.3) is 0 Å². The van der Waals surface area contributed by atoms with Crippen molar-refractivity contribution in [1.82, 2.24) is 4.90 Å². The molecule has 1 fully saturated rings. The summed E-state index contributed by atoms with van der Waals surface area (Å²) in [4.78, 5) is 14.0. The van der Waals surface area contributed by atoms with E-state index in [1.807, 2.05) is 18.2 Å². The highest BCUT2D eigenvalue weighted by Crippen LogP contribution is 2.38. The lowest BCUT2D eigenvalue weighted by Crippen LogP contribution is -2.44. The summed E-state index contributed by atoms with van der Waals surface area (Å²) in [5.74, 6) is 0.0916. The van der Waals surface area contributed by atoms with Crippen molar-refractivity contribution < 1.29 is 9.53 Å². The molecule has 0 bridgehead atoms. The van der Waals surface area contributed by atoms with Gasteiger partial charge in [-0.3, -0.25) is 4.79 Å².